The number of hydrogen-bond donors (Lipinski definition) is 2. The maximum absolute atomic E-state index is 9.45. The fourth-order valence-corrected chi connectivity index (χ4v) is 1.93. The Kier molecular flexibility index (Phi) is 3.27. The molecule has 1 aromatic rings. The summed E-state index contributed by atoms with van der Waals surface area (Å²) in [6.45, 7) is 4.18. The summed E-state index contributed by atoms with van der Waals surface area (Å²) >= 11 is 0. The fourth-order valence-electron chi connectivity index (χ4n) is 1.93. The van der Waals surface area contributed by atoms with Crippen LogP contribution in [-0.4, -0.2) is 16.3 Å². The molecule has 92 valence electrons. The van der Waals surface area contributed by atoms with Gasteiger partial charge in [0.15, 0.2) is 0 Å². The van der Waals surface area contributed by atoms with E-state index in [-0.39, 0.29) is 11.2 Å². The molecule has 0 fully saturated rings. The Morgan fingerprint density at radius 1 is 1.17 bits per heavy atom. The number of allylic oxidation sites excluding steroid dienone is 3. The molecule has 1 unspecified atom stereocenters. The van der Waals surface area contributed by atoms with Gasteiger partial charge in [0.25, 0.3) is 0 Å². The number of aliphatic hydroxyl groups is 1. The first-order chi connectivity index (χ1) is 8.50. The second kappa shape index (κ2) is 4.72. The zero-order valence-electron chi connectivity index (χ0n) is 10.5. The highest BCUT2D eigenvalue weighted by atomic mass is 16.3. The van der Waals surface area contributed by atoms with Crippen molar-refractivity contribution >= 4 is 0 Å². The van der Waals surface area contributed by atoms with Crippen molar-refractivity contribution in [2.24, 2.45) is 0 Å². The van der Waals surface area contributed by atoms with E-state index in [0.717, 1.165) is 11.1 Å². The molecule has 1 atom stereocenters. The molecule has 0 saturated heterocycles. The second-order valence-electron chi connectivity index (χ2n) is 4.86. The number of phenols is 1. The maximum Gasteiger partial charge on any atom is 0.134 e. The molecule has 0 heterocycles. The third-order valence-corrected chi connectivity index (χ3v) is 3.23. The van der Waals surface area contributed by atoms with Crippen LogP contribution in [0.25, 0.3) is 0 Å². The van der Waals surface area contributed by atoms with E-state index in [9.17, 15) is 10.2 Å². The van der Waals surface area contributed by atoms with Crippen LogP contribution in [-0.2, 0) is 5.41 Å². The summed E-state index contributed by atoms with van der Waals surface area (Å²) in [7, 11) is 0. The molecule has 1 aliphatic carbocycles. The fraction of sp³-hybridized carbons (Fsp3) is 0.250. The van der Waals surface area contributed by atoms with Gasteiger partial charge in [0.05, 0.1) is 0 Å². The minimum Gasteiger partial charge on any atom is -0.508 e. The van der Waals surface area contributed by atoms with Gasteiger partial charge in [-0.2, -0.15) is 0 Å². The zero-order valence-corrected chi connectivity index (χ0v) is 10.5. The van der Waals surface area contributed by atoms with Crippen molar-refractivity contribution < 1.29 is 10.2 Å². The van der Waals surface area contributed by atoms with Crippen molar-refractivity contribution in [3.63, 3.8) is 0 Å². The van der Waals surface area contributed by atoms with Crippen molar-refractivity contribution in [2.75, 3.05) is 0 Å². The van der Waals surface area contributed by atoms with E-state index in [4.69, 9.17) is 0 Å². The molecule has 0 aliphatic heterocycles. The molecule has 2 nitrogen and oxygen atoms in total. The number of rotatable bonds is 2. The highest BCUT2D eigenvalue weighted by Gasteiger charge is 2.24. The molecule has 2 heteroatoms. The highest BCUT2D eigenvalue weighted by molar-refractivity contribution is 5.46. The molecule has 2 N–H and O–H groups in total. The number of aromatic hydroxyl groups is 1. The van der Waals surface area contributed by atoms with Gasteiger partial charge in [-0.1, -0.05) is 43.9 Å². The monoisotopic (exact) mass is 240 g/mol. The molecular formula is C16H16O2. The zero-order chi connectivity index (χ0) is 13.2. The predicted octanol–water partition coefficient (Wildman–Crippen LogP) is 2.53. The summed E-state index contributed by atoms with van der Waals surface area (Å²) in [5, 5.41) is 18.8. The van der Waals surface area contributed by atoms with Crippen molar-refractivity contribution in [3.8, 4) is 17.6 Å². The van der Waals surface area contributed by atoms with Gasteiger partial charge in [-0.3, -0.25) is 0 Å². The quantitative estimate of drug-likeness (QED) is 0.780. The normalized spacial score (nSPS) is 18.6. The number of aliphatic hydroxyl groups excluding tert-OH is 1. The van der Waals surface area contributed by atoms with E-state index in [0.29, 0.717) is 0 Å². The van der Waals surface area contributed by atoms with Crippen LogP contribution < -0.4 is 0 Å². The molecule has 1 aromatic carbocycles. The van der Waals surface area contributed by atoms with Gasteiger partial charge < -0.3 is 10.2 Å². The van der Waals surface area contributed by atoms with Crippen molar-refractivity contribution in [1.29, 1.82) is 0 Å². The predicted molar refractivity (Wildman–Crippen MR) is 72.1 cm³/mol. The summed E-state index contributed by atoms with van der Waals surface area (Å²) in [5.41, 5.74) is 1.91. The van der Waals surface area contributed by atoms with Crippen LogP contribution in [0.5, 0.6) is 5.75 Å². The van der Waals surface area contributed by atoms with Crippen molar-refractivity contribution in [2.45, 2.75) is 25.4 Å². The van der Waals surface area contributed by atoms with Crippen LogP contribution in [0.4, 0.5) is 0 Å². The summed E-state index contributed by atoms with van der Waals surface area (Å²) in [6, 6.07) is 7.16. The second-order valence-corrected chi connectivity index (χ2v) is 4.86. The highest BCUT2D eigenvalue weighted by Crippen LogP contribution is 2.33. The number of benzene rings is 1. The average molecular weight is 240 g/mol. The minimum absolute atomic E-state index is 0.219. The Labute approximate surface area is 107 Å². The average Bonchev–Trinajstić information content (AvgIpc) is 2.55. The van der Waals surface area contributed by atoms with Crippen LogP contribution >= 0.6 is 0 Å². The van der Waals surface area contributed by atoms with E-state index < -0.39 is 6.10 Å². The molecule has 0 radical (unpaired) electrons. The van der Waals surface area contributed by atoms with Gasteiger partial charge in [0.2, 0.25) is 0 Å². The number of hydrogen-bond acceptors (Lipinski definition) is 2. The van der Waals surface area contributed by atoms with Crippen LogP contribution in [0, 0.1) is 11.8 Å². The van der Waals surface area contributed by atoms with Crippen LogP contribution in [0.15, 0.2) is 48.1 Å². The third-order valence-electron chi connectivity index (χ3n) is 3.23. The molecule has 2 rings (SSSR count). The molecule has 0 saturated carbocycles. The lowest BCUT2D eigenvalue weighted by atomic mass is 9.77. The molecule has 0 aromatic heterocycles. The Morgan fingerprint density at radius 3 is 2.50 bits per heavy atom. The topological polar surface area (TPSA) is 40.5 Å². The Balaban J connectivity index is 2.38. The van der Waals surface area contributed by atoms with E-state index in [1.165, 1.54) is 0 Å². The summed E-state index contributed by atoms with van der Waals surface area (Å²) in [4.78, 5) is 0. The maximum atomic E-state index is 9.45. The summed E-state index contributed by atoms with van der Waals surface area (Å²) in [5.74, 6) is 5.83. The van der Waals surface area contributed by atoms with Crippen LogP contribution in [0.3, 0.4) is 0 Å². The summed E-state index contributed by atoms with van der Waals surface area (Å²) < 4.78 is 0. The smallest absolute Gasteiger partial charge is 0.134 e. The van der Waals surface area contributed by atoms with Crippen molar-refractivity contribution in [3.05, 3.63) is 53.6 Å². The Bertz CT molecular complexity index is 551. The van der Waals surface area contributed by atoms with Gasteiger partial charge in [-0.25, -0.2) is 0 Å². The van der Waals surface area contributed by atoms with E-state index in [1.807, 2.05) is 24.3 Å². The summed E-state index contributed by atoms with van der Waals surface area (Å²) in [6.07, 6.45) is 4.72. The molecular weight excluding hydrogens is 224 g/mol. The number of phenolic OH excluding ortho intramolecular Hbond substituents is 1. The molecule has 0 spiro atoms. The van der Waals surface area contributed by atoms with Gasteiger partial charge in [0.1, 0.15) is 11.9 Å². The Hall–Kier alpha value is -1.98. The molecule has 0 amide bonds. The van der Waals surface area contributed by atoms with Gasteiger partial charge in [-0.15, -0.1) is 0 Å². The lowest BCUT2D eigenvalue weighted by molar-refractivity contribution is 0.281. The van der Waals surface area contributed by atoms with E-state index in [1.54, 1.807) is 18.2 Å². The van der Waals surface area contributed by atoms with E-state index >= 15 is 0 Å². The van der Waals surface area contributed by atoms with Gasteiger partial charge in [-0.05, 0) is 35.4 Å². The Morgan fingerprint density at radius 2 is 1.83 bits per heavy atom. The van der Waals surface area contributed by atoms with Crippen LogP contribution in [0.1, 0.15) is 19.4 Å². The largest absolute Gasteiger partial charge is 0.508 e. The van der Waals surface area contributed by atoms with Gasteiger partial charge >= 0.3 is 0 Å². The van der Waals surface area contributed by atoms with Crippen molar-refractivity contribution in [1.82, 2.24) is 0 Å². The third kappa shape index (κ3) is 2.47. The van der Waals surface area contributed by atoms with Gasteiger partial charge in [0, 0.05) is 5.41 Å². The minimum atomic E-state index is -0.700. The molecule has 18 heavy (non-hydrogen) atoms. The molecule has 0 bridgehead atoms. The molecule has 1 aliphatic rings. The standard InChI is InChI=1S/C16H16O2/c1-16(2,13-7-10-15(18)11-8-13)12-4-3-5-14(17)9-6-12/h4,6-11,14,17-18H,1-2H3. The SMILES string of the molecule is CC(C)(C1=CC#CC(O)C=C1)c1ccc(O)cc1. The van der Waals surface area contributed by atoms with E-state index in [2.05, 4.69) is 25.7 Å². The first kappa shape index (κ1) is 12.5. The lowest BCUT2D eigenvalue weighted by Crippen LogP contribution is -2.19. The first-order valence-electron chi connectivity index (χ1n) is 5.87. The van der Waals surface area contributed by atoms with Crippen LogP contribution in [0.2, 0.25) is 0 Å². The first-order valence-corrected chi connectivity index (χ1v) is 5.87. The lowest BCUT2D eigenvalue weighted by Gasteiger charge is -2.26.